The molecule has 1 aromatic heterocycles. The Hall–Kier alpha value is -2.09. The summed E-state index contributed by atoms with van der Waals surface area (Å²) < 4.78 is 46.3. The van der Waals surface area contributed by atoms with E-state index in [9.17, 15) is 13.8 Å². The van der Waals surface area contributed by atoms with Crippen LogP contribution in [0, 0.1) is 16.0 Å². The molecule has 0 aliphatic carbocycles. The van der Waals surface area contributed by atoms with E-state index < -0.39 is 15.7 Å². The van der Waals surface area contributed by atoms with Crippen molar-refractivity contribution in [2.45, 2.75) is 0 Å². The minimum Gasteiger partial charge on any atom is -0.364 e. The molecule has 0 amide bonds. The number of hydrogen-bond acceptors (Lipinski definition) is 8. The van der Waals surface area contributed by atoms with E-state index in [1.54, 1.807) is 0 Å². The maximum Gasteiger partial charge on any atom is 0.202 e. The summed E-state index contributed by atoms with van der Waals surface area (Å²) >= 11 is 3.00. The number of benzene rings is 1. The largest absolute Gasteiger partial charge is 0.364 e. The molecular formula is C12H15BrFN7O3S. The van der Waals surface area contributed by atoms with Crippen LogP contribution in [0.4, 0.5) is 15.9 Å². The van der Waals surface area contributed by atoms with Crippen molar-refractivity contribution in [1.82, 2.24) is 15.0 Å². The summed E-state index contributed by atoms with van der Waals surface area (Å²) in [5, 5.41) is 24.1. The van der Waals surface area contributed by atoms with Crippen LogP contribution in [0.5, 0.6) is 0 Å². The maximum atomic E-state index is 13.3. The number of rotatable bonds is 7. The highest BCUT2D eigenvalue weighted by Gasteiger charge is 2.21. The zero-order valence-corrected chi connectivity index (χ0v) is 15.3. The van der Waals surface area contributed by atoms with Gasteiger partial charge in [-0.15, -0.1) is 0 Å². The van der Waals surface area contributed by atoms with Crippen molar-refractivity contribution < 1.29 is 19.8 Å². The third kappa shape index (κ3) is 5.19. The molecule has 136 valence electrons. The molecule has 0 saturated heterocycles. The number of nitrogens with one attached hydrogen (secondary N) is 4. The van der Waals surface area contributed by atoms with E-state index in [4.69, 9.17) is 6.19 Å². The predicted octanol–water partition coefficient (Wildman–Crippen LogP) is 1.79. The fourth-order valence-electron chi connectivity index (χ4n) is 1.72. The van der Waals surface area contributed by atoms with Crippen LogP contribution < -0.4 is 15.1 Å². The zero-order chi connectivity index (χ0) is 19.3. The fourth-order valence-corrected chi connectivity index (χ4v) is 2.58. The second kappa shape index (κ2) is 7.86. The second-order valence-corrected chi connectivity index (χ2v) is 7.69. The van der Waals surface area contributed by atoms with Crippen LogP contribution in [-0.2, 0) is 9.92 Å². The van der Waals surface area contributed by atoms with Crippen molar-refractivity contribution >= 4 is 43.2 Å². The van der Waals surface area contributed by atoms with Gasteiger partial charge in [-0.2, -0.15) is 0 Å². The highest BCUT2D eigenvalue weighted by Crippen LogP contribution is 2.24. The quantitative estimate of drug-likeness (QED) is 0.192. The second-order valence-electron chi connectivity index (χ2n) is 4.86. The molecule has 1 unspecified atom stereocenters. The van der Waals surface area contributed by atoms with Gasteiger partial charge in [0.25, 0.3) is 0 Å². The summed E-state index contributed by atoms with van der Waals surface area (Å²) in [5.41, 5.74) is 0.0610. The molecule has 0 spiro atoms. The van der Waals surface area contributed by atoms with Crippen molar-refractivity contribution in [2.24, 2.45) is 0 Å². The van der Waals surface area contributed by atoms with E-state index in [1.165, 1.54) is 18.4 Å². The first kappa shape index (κ1) is 17.7. The van der Waals surface area contributed by atoms with Gasteiger partial charge in [-0.1, -0.05) is 0 Å². The predicted molar refractivity (Wildman–Crippen MR) is 92.8 cm³/mol. The Morgan fingerprint density at radius 3 is 2.96 bits per heavy atom. The summed E-state index contributed by atoms with van der Waals surface area (Å²) in [5.74, 6) is -0.767. The van der Waals surface area contributed by atoms with Gasteiger partial charge in [0.15, 0.2) is 12.9 Å². The Balaban J connectivity index is 2.15. The number of nitrogens with zero attached hydrogens (tertiary/aromatic N) is 3. The molecule has 0 bridgehead atoms. The fraction of sp³-hybridized carbons (Fsp3) is 0.250. The van der Waals surface area contributed by atoms with Crippen molar-refractivity contribution in [3.05, 3.63) is 34.2 Å². The summed E-state index contributed by atoms with van der Waals surface area (Å²) in [6, 6.07) is 3.69. The van der Waals surface area contributed by atoms with E-state index in [0.717, 1.165) is 6.07 Å². The van der Waals surface area contributed by atoms with Crippen LogP contribution in [0.15, 0.2) is 27.3 Å². The lowest BCUT2D eigenvalue weighted by molar-refractivity contribution is 0.300. The molecule has 1 atom stereocenters. The van der Waals surface area contributed by atoms with Gasteiger partial charge in [0.1, 0.15) is 15.7 Å². The number of hydroxylamine groups is 1. The van der Waals surface area contributed by atoms with Crippen LogP contribution >= 0.6 is 15.9 Å². The molecule has 25 heavy (non-hydrogen) atoms. The number of amidine groups is 1. The number of aromatic nitrogens is 2. The van der Waals surface area contributed by atoms with Crippen LogP contribution in [0.1, 0.15) is 5.69 Å². The summed E-state index contributed by atoms with van der Waals surface area (Å²) in [6.07, 6.45) is 1.24. The summed E-state index contributed by atoms with van der Waals surface area (Å²) in [6.45, 7) is 0.399. The molecule has 1 heterocycles. The molecule has 13 heteroatoms. The van der Waals surface area contributed by atoms with Crippen molar-refractivity contribution in [3.8, 4) is 0 Å². The number of hydrogen-bond donors (Lipinski definition) is 5. The average Bonchev–Trinajstić information content (AvgIpc) is 3.02. The standard InChI is InChI=1S/C12H15BrFN7O3S/c1-25(16,23)18-5-4-17-12-10(19-24-20-12)11(15)21(22)7-2-3-9(14)8(13)6-7/h2-3,6,15,22H,4-5H2,1H3,(H,17,20)(H2,16,18,23)/b15-11-. The topological polar surface area (TPSA) is 151 Å². The lowest BCUT2D eigenvalue weighted by atomic mass is 10.3. The summed E-state index contributed by atoms with van der Waals surface area (Å²) in [4.78, 5) is 0. The maximum absolute atomic E-state index is 13.3. The third-order valence-corrected chi connectivity index (χ3v) is 4.21. The van der Waals surface area contributed by atoms with Gasteiger partial charge >= 0.3 is 0 Å². The zero-order valence-electron chi connectivity index (χ0n) is 13.9. The third-order valence-electron chi connectivity index (χ3n) is 2.84. The van der Waals surface area contributed by atoms with E-state index in [-0.39, 0.29) is 40.6 Å². The first-order chi connectivity index (χ1) is 12.2. The molecule has 2 rings (SSSR count). The molecule has 10 nitrogen and oxygen atoms in total. The lowest BCUT2D eigenvalue weighted by Gasteiger charge is -2.17. The molecule has 0 saturated carbocycles. The lowest BCUT2D eigenvalue weighted by Crippen LogP contribution is -2.30. The molecular weight excluding hydrogens is 421 g/mol. The molecule has 0 radical (unpaired) electrons. The average molecular weight is 436 g/mol. The SMILES string of the molecule is [H]/N=C(/c1nonc1NCCNS(C)(=N)=O)N(O)c1ccc(F)c(Br)c1. The first-order valence-electron chi connectivity index (χ1n) is 7.19. The Labute approximate surface area is 152 Å². The van der Waals surface area contributed by atoms with Gasteiger partial charge in [-0.05, 0) is 44.4 Å². The normalized spacial score (nSPS) is 14.7. The van der Waals surface area contributed by atoms with Gasteiger partial charge in [-0.3, -0.25) is 10.6 Å². The molecule has 0 fully saturated rings. The van der Waals surface area contributed by atoms with Crippen molar-refractivity contribution in [3.63, 3.8) is 0 Å². The number of halogens is 2. The van der Waals surface area contributed by atoms with E-state index in [2.05, 4.69) is 46.3 Å². The Bertz CT molecular complexity index is 908. The van der Waals surface area contributed by atoms with Gasteiger partial charge in [0.05, 0.1) is 10.2 Å². The highest BCUT2D eigenvalue weighted by atomic mass is 79.9. The van der Waals surface area contributed by atoms with Crippen LogP contribution in [-0.4, -0.2) is 44.9 Å². The highest BCUT2D eigenvalue weighted by molar-refractivity contribution is 9.10. The van der Waals surface area contributed by atoms with E-state index >= 15 is 0 Å². The molecule has 0 aliphatic rings. The van der Waals surface area contributed by atoms with Crippen molar-refractivity contribution in [2.75, 3.05) is 29.7 Å². The molecule has 2 aromatic rings. The van der Waals surface area contributed by atoms with Gasteiger partial charge < -0.3 is 5.32 Å². The van der Waals surface area contributed by atoms with E-state index in [0.29, 0.717) is 5.06 Å². The van der Waals surface area contributed by atoms with Gasteiger partial charge in [0.2, 0.25) is 5.82 Å². The van der Waals surface area contributed by atoms with Crippen LogP contribution in [0.2, 0.25) is 1.41 Å². The monoisotopic (exact) mass is 435 g/mol. The molecule has 5 N–H and O–H groups in total. The van der Waals surface area contributed by atoms with Gasteiger partial charge in [-0.25, -0.2) is 27.8 Å². The minimum absolute atomic E-state index is 0.0638. The van der Waals surface area contributed by atoms with E-state index in [1.807, 2.05) is 0 Å². The van der Waals surface area contributed by atoms with Crippen molar-refractivity contribution in [1.29, 1.82) is 10.2 Å². The first-order valence-corrected chi connectivity index (χ1v) is 9.50. The minimum atomic E-state index is -2.84. The molecule has 1 aromatic carbocycles. The van der Waals surface area contributed by atoms with Crippen LogP contribution in [0.3, 0.4) is 0 Å². The smallest absolute Gasteiger partial charge is 0.202 e. The number of anilines is 2. The Morgan fingerprint density at radius 1 is 1.56 bits per heavy atom. The Morgan fingerprint density at radius 2 is 2.32 bits per heavy atom. The van der Waals surface area contributed by atoms with Gasteiger partial charge in [0, 0.05) is 19.3 Å². The van der Waals surface area contributed by atoms with Crippen LogP contribution in [0.25, 0.3) is 0 Å². The summed E-state index contributed by atoms with van der Waals surface area (Å²) in [7, 11) is -2.84. The Kier molecular flexibility index (Phi) is 5.57. The molecule has 0 aliphatic heterocycles.